The van der Waals surface area contributed by atoms with Gasteiger partial charge in [-0.2, -0.15) is 0 Å². The van der Waals surface area contributed by atoms with E-state index in [2.05, 4.69) is 76.0 Å². The lowest BCUT2D eigenvalue weighted by Crippen LogP contribution is -2.40. The molecule has 5 nitrogen and oxygen atoms in total. The highest BCUT2D eigenvalue weighted by Crippen LogP contribution is 2.18. The van der Waals surface area contributed by atoms with Crippen LogP contribution in [-0.2, 0) is 19.4 Å². The summed E-state index contributed by atoms with van der Waals surface area (Å²) in [5, 5.41) is 17.1. The van der Waals surface area contributed by atoms with E-state index in [-0.39, 0.29) is 24.0 Å². The lowest BCUT2D eigenvalue weighted by atomic mass is 10.00. The van der Waals surface area contributed by atoms with Crippen LogP contribution in [0.1, 0.15) is 30.0 Å². The van der Waals surface area contributed by atoms with Crippen LogP contribution in [0.2, 0.25) is 0 Å². The molecular formula is C24H35IN4O. The van der Waals surface area contributed by atoms with Gasteiger partial charge in [-0.05, 0) is 42.9 Å². The Kier molecular flexibility index (Phi) is 11.2. The molecule has 1 atom stereocenters. The van der Waals surface area contributed by atoms with Crippen LogP contribution in [0, 0.1) is 0 Å². The normalized spacial score (nSPS) is 15.1. The molecule has 0 radical (unpaired) electrons. The topological polar surface area (TPSA) is 59.9 Å². The summed E-state index contributed by atoms with van der Waals surface area (Å²) in [6.07, 6.45) is 2.69. The minimum absolute atomic E-state index is 0. The van der Waals surface area contributed by atoms with E-state index < -0.39 is 6.10 Å². The Morgan fingerprint density at radius 3 is 2.57 bits per heavy atom. The number of β-amino-alcohol motifs (C(OH)–C–C–N with tert-alkyl or cyclic N) is 1. The second kappa shape index (κ2) is 13.6. The SMILES string of the molecule is CCNC(=NCC(O)CN1CCc2ccccc2C1)NCCCc1ccccc1.I. The minimum Gasteiger partial charge on any atom is -0.390 e. The first-order valence-corrected chi connectivity index (χ1v) is 10.8. The number of benzene rings is 2. The lowest BCUT2D eigenvalue weighted by Gasteiger charge is -2.30. The highest BCUT2D eigenvalue weighted by atomic mass is 127. The van der Waals surface area contributed by atoms with Gasteiger partial charge in [-0.25, -0.2) is 0 Å². The van der Waals surface area contributed by atoms with Crippen molar-refractivity contribution >= 4 is 29.9 Å². The van der Waals surface area contributed by atoms with E-state index in [0.29, 0.717) is 13.1 Å². The third-order valence-corrected chi connectivity index (χ3v) is 5.26. The zero-order chi connectivity index (χ0) is 20.3. The third kappa shape index (κ3) is 8.24. The smallest absolute Gasteiger partial charge is 0.191 e. The molecule has 0 aromatic heterocycles. The van der Waals surface area contributed by atoms with Crippen LogP contribution in [-0.4, -0.2) is 54.8 Å². The van der Waals surface area contributed by atoms with Crippen molar-refractivity contribution in [3.05, 3.63) is 71.3 Å². The maximum Gasteiger partial charge on any atom is 0.191 e. The summed E-state index contributed by atoms with van der Waals surface area (Å²) < 4.78 is 0. The fourth-order valence-electron chi connectivity index (χ4n) is 3.75. The van der Waals surface area contributed by atoms with Crippen molar-refractivity contribution < 1.29 is 5.11 Å². The van der Waals surface area contributed by atoms with Gasteiger partial charge in [-0.3, -0.25) is 9.89 Å². The van der Waals surface area contributed by atoms with Gasteiger partial charge in [0.2, 0.25) is 0 Å². The molecule has 2 aromatic carbocycles. The van der Waals surface area contributed by atoms with Crippen LogP contribution in [0.5, 0.6) is 0 Å². The molecule has 0 spiro atoms. The van der Waals surface area contributed by atoms with E-state index in [9.17, 15) is 5.11 Å². The van der Waals surface area contributed by atoms with Gasteiger partial charge < -0.3 is 15.7 Å². The molecule has 0 fully saturated rings. The number of aliphatic hydroxyl groups is 1. The van der Waals surface area contributed by atoms with E-state index in [1.807, 2.05) is 6.07 Å². The molecule has 30 heavy (non-hydrogen) atoms. The van der Waals surface area contributed by atoms with Crippen molar-refractivity contribution in [1.82, 2.24) is 15.5 Å². The number of nitrogens with one attached hydrogen (secondary N) is 2. The molecule has 0 amide bonds. The first kappa shape index (κ1) is 24.6. The molecule has 0 aliphatic carbocycles. The Morgan fingerprint density at radius 2 is 1.80 bits per heavy atom. The number of rotatable bonds is 9. The van der Waals surface area contributed by atoms with E-state index in [4.69, 9.17) is 0 Å². The molecule has 164 valence electrons. The van der Waals surface area contributed by atoms with Gasteiger partial charge in [-0.1, -0.05) is 54.6 Å². The van der Waals surface area contributed by atoms with Crippen LogP contribution in [0.15, 0.2) is 59.6 Å². The number of nitrogens with zero attached hydrogens (tertiary/aromatic N) is 2. The van der Waals surface area contributed by atoms with E-state index in [1.165, 1.54) is 16.7 Å². The van der Waals surface area contributed by atoms with Gasteiger partial charge in [0.1, 0.15) is 0 Å². The van der Waals surface area contributed by atoms with Crippen molar-refractivity contribution in [1.29, 1.82) is 0 Å². The summed E-state index contributed by atoms with van der Waals surface area (Å²) in [4.78, 5) is 6.91. The number of aryl methyl sites for hydroxylation is 1. The summed E-state index contributed by atoms with van der Waals surface area (Å²) in [5.41, 5.74) is 4.17. The van der Waals surface area contributed by atoms with Crippen LogP contribution in [0.4, 0.5) is 0 Å². The molecule has 0 saturated heterocycles. The summed E-state index contributed by atoms with van der Waals surface area (Å²) >= 11 is 0. The monoisotopic (exact) mass is 522 g/mol. The zero-order valence-electron chi connectivity index (χ0n) is 17.9. The number of fused-ring (bicyclic) bond motifs is 1. The molecule has 6 heteroatoms. The van der Waals surface area contributed by atoms with E-state index in [1.54, 1.807) is 0 Å². The molecule has 3 rings (SSSR count). The summed E-state index contributed by atoms with van der Waals surface area (Å²) in [6.45, 7) is 6.70. The van der Waals surface area contributed by atoms with Crippen LogP contribution in [0.3, 0.4) is 0 Å². The van der Waals surface area contributed by atoms with Gasteiger partial charge >= 0.3 is 0 Å². The Balaban J connectivity index is 0.00000320. The largest absolute Gasteiger partial charge is 0.390 e. The van der Waals surface area contributed by atoms with Crippen molar-refractivity contribution in [2.45, 2.75) is 38.8 Å². The number of aliphatic hydroxyl groups excluding tert-OH is 1. The molecule has 3 N–H and O–H groups in total. The van der Waals surface area contributed by atoms with Gasteiger partial charge in [0.15, 0.2) is 5.96 Å². The molecule has 2 aromatic rings. The van der Waals surface area contributed by atoms with Crippen molar-refractivity contribution in [3.63, 3.8) is 0 Å². The number of hydrogen-bond donors (Lipinski definition) is 3. The predicted molar refractivity (Wildman–Crippen MR) is 136 cm³/mol. The highest BCUT2D eigenvalue weighted by molar-refractivity contribution is 14.0. The minimum atomic E-state index is -0.458. The van der Waals surface area contributed by atoms with E-state index in [0.717, 1.165) is 51.4 Å². The maximum atomic E-state index is 10.5. The standard InChI is InChI=1S/C24H34N4O.HI/c1-2-25-24(26-15-8-11-20-9-4-3-5-10-20)27-17-23(29)19-28-16-14-21-12-6-7-13-22(21)18-28;/h3-7,9-10,12-13,23,29H,2,8,11,14-19H2,1H3,(H2,25,26,27);1H. The molecule has 0 saturated carbocycles. The van der Waals surface area contributed by atoms with Crippen LogP contribution < -0.4 is 10.6 Å². The lowest BCUT2D eigenvalue weighted by molar-refractivity contribution is 0.111. The molecule has 1 heterocycles. The third-order valence-electron chi connectivity index (χ3n) is 5.26. The average molecular weight is 522 g/mol. The summed E-state index contributed by atoms with van der Waals surface area (Å²) in [5.74, 6) is 0.781. The van der Waals surface area contributed by atoms with Gasteiger partial charge in [0.05, 0.1) is 12.6 Å². The van der Waals surface area contributed by atoms with Crippen LogP contribution in [0.25, 0.3) is 0 Å². The molecule has 0 bridgehead atoms. The fraction of sp³-hybridized carbons (Fsp3) is 0.458. The first-order valence-electron chi connectivity index (χ1n) is 10.8. The van der Waals surface area contributed by atoms with Gasteiger partial charge in [0, 0.05) is 32.7 Å². The Hall–Kier alpha value is -1.64. The van der Waals surface area contributed by atoms with Gasteiger partial charge in [0.25, 0.3) is 0 Å². The Morgan fingerprint density at radius 1 is 1.07 bits per heavy atom. The molecular weight excluding hydrogens is 487 g/mol. The Bertz CT molecular complexity index is 769. The zero-order valence-corrected chi connectivity index (χ0v) is 20.2. The Labute approximate surface area is 198 Å². The second-order valence-electron chi connectivity index (χ2n) is 7.64. The van der Waals surface area contributed by atoms with Crippen molar-refractivity contribution in [2.24, 2.45) is 4.99 Å². The summed E-state index contributed by atoms with van der Waals surface area (Å²) in [6, 6.07) is 19.1. The predicted octanol–water partition coefficient (Wildman–Crippen LogP) is 3.21. The maximum absolute atomic E-state index is 10.5. The second-order valence-corrected chi connectivity index (χ2v) is 7.64. The van der Waals surface area contributed by atoms with Crippen molar-refractivity contribution in [3.8, 4) is 0 Å². The number of hydrogen-bond acceptors (Lipinski definition) is 3. The highest BCUT2D eigenvalue weighted by Gasteiger charge is 2.18. The number of guanidine groups is 1. The van der Waals surface area contributed by atoms with E-state index >= 15 is 0 Å². The molecule has 1 aliphatic rings. The first-order chi connectivity index (χ1) is 14.2. The van der Waals surface area contributed by atoms with Gasteiger partial charge in [-0.15, -0.1) is 24.0 Å². The molecule has 1 aliphatic heterocycles. The average Bonchev–Trinajstić information content (AvgIpc) is 2.75. The number of aliphatic imine (C=N–C) groups is 1. The quantitative estimate of drug-likeness (QED) is 0.205. The van der Waals surface area contributed by atoms with Crippen LogP contribution >= 0.6 is 24.0 Å². The fourth-order valence-corrected chi connectivity index (χ4v) is 3.75. The molecule has 1 unspecified atom stereocenters. The number of halogens is 1. The van der Waals surface area contributed by atoms with Crippen molar-refractivity contribution in [2.75, 3.05) is 32.7 Å². The summed E-state index contributed by atoms with van der Waals surface area (Å²) in [7, 11) is 0.